The molecular formula is C16H16F3N3O4S. The Morgan fingerprint density at radius 1 is 1.30 bits per heavy atom. The molecule has 1 amide bonds. The summed E-state index contributed by atoms with van der Waals surface area (Å²) in [5.41, 5.74) is 0.608. The molecule has 2 rings (SSSR count). The average molecular weight is 403 g/mol. The highest BCUT2D eigenvalue weighted by molar-refractivity contribution is 7.89. The number of ether oxygens (including phenoxy) is 1. The van der Waals surface area contributed by atoms with Gasteiger partial charge in [0.2, 0.25) is 15.9 Å². The number of alkyl halides is 3. The number of hydrogen-bond acceptors (Lipinski definition) is 5. The Kier molecular flexibility index (Phi) is 6.06. The second kappa shape index (κ2) is 7.92. The number of halogens is 3. The zero-order chi connectivity index (χ0) is 20.2. The minimum absolute atomic E-state index is 0.0890. The van der Waals surface area contributed by atoms with E-state index in [0.29, 0.717) is 5.56 Å². The molecule has 1 aromatic carbocycles. The number of nitrogens with two attached hydrogens (primary N) is 1. The third kappa shape index (κ3) is 6.22. The van der Waals surface area contributed by atoms with E-state index in [-0.39, 0.29) is 16.3 Å². The molecule has 0 bridgehead atoms. The van der Waals surface area contributed by atoms with Crippen LogP contribution in [0.25, 0.3) is 0 Å². The summed E-state index contributed by atoms with van der Waals surface area (Å²) in [6.07, 6.45) is -3.41. The Morgan fingerprint density at radius 3 is 2.56 bits per heavy atom. The lowest BCUT2D eigenvalue weighted by molar-refractivity contribution is -0.154. The molecule has 0 saturated carbocycles. The van der Waals surface area contributed by atoms with Gasteiger partial charge in [-0.05, 0) is 30.7 Å². The lowest BCUT2D eigenvalue weighted by atomic mass is 10.1. The summed E-state index contributed by atoms with van der Waals surface area (Å²) in [5.74, 6) is -0.809. The first kappa shape index (κ1) is 20.6. The number of nitrogens with zero attached hydrogens (tertiary/aromatic N) is 1. The van der Waals surface area contributed by atoms with Crippen LogP contribution in [-0.4, -0.2) is 32.1 Å². The molecule has 7 nitrogen and oxygen atoms in total. The summed E-state index contributed by atoms with van der Waals surface area (Å²) in [5, 5.41) is 7.71. The Balaban J connectivity index is 2.04. The van der Waals surface area contributed by atoms with Crippen molar-refractivity contribution in [3.05, 3.63) is 53.7 Å². The monoisotopic (exact) mass is 403 g/mol. The summed E-state index contributed by atoms with van der Waals surface area (Å²) in [4.78, 5) is 15.8. The van der Waals surface area contributed by atoms with E-state index in [1.165, 1.54) is 24.3 Å². The number of benzene rings is 1. The number of aromatic nitrogens is 1. The van der Waals surface area contributed by atoms with Crippen molar-refractivity contribution < 1.29 is 31.1 Å². The van der Waals surface area contributed by atoms with E-state index in [4.69, 9.17) is 5.14 Å². The normalized spacial score (nSPS) is 13.1. The summed E-state index contributed by atoms with van der Waals surface area (Å²) >= 11 is 0. The van der Waals surface area contributed by atoms with Crippen LogP contribution in [0.2, 0.25) is 0 Å². The maximum atomic E-state index is 12.2. The van der Waals surface area contributed by atoms with Gasteiger partial charge in [-0.1, -0.05) is 12.1 Å². The van der Waals surface area contributed by atoms with Crippen LogP contribution in [0.4, 0.5) is 13.2 Å². The lowest BCUT2D eigenvalue weighted by Crippen LogP contribution is -2.27. The number of carbonyl (C=O) groups excluding carboxylic acids is 1. The average Bonchev–Trinajstić information content (AvgIpc) is 2.59. The first-order valence-corrected chi connectivity index (χ1v) is 9.09. The molecule has 1 unspecified atom stereocenters. The Labute approximate surface area is 153 Å². The molecule has 1 atom stereocenters. The maximum Gasteiger partial charge on any atom is 0.422 e. The third-order valence-electron chi connectivity index (χ3n) is 3.42. The minimum atomic E-state index is -4.49. The largest absolute Gasteiger partial charge is 0.468 e. The molecule has 0 fully saturated rings. The SMILES string of the molecule is CC(NC(=O)c1ccc(OCC(F)(F)F)nc1)c1cccc(S(N)(=O)=O)c1. The van der Waals surface area contributed by atoms with Crippen LogP contribution in [0.1, 0.15) is 28.9 Å². The van der Waals surface area contributed by atoms with Gasteiger partial charge in [-0.2, -0.15) is 13.2 Å². The Hall–Kier alpha value is -2.66. The van der Waals surface area contributed by atoms with Crippen LogP contribution in [0.3, 0.4) is 0 Å². The van der Waals surface area contributed by atoms with Gasteiger partial charge in [0.1, 0.15) is 0 Å². The molecule has 11 heteroatoms. The first-order valence-electron chi connectivity index (χ1n) is 7.55. The van der Waals surface area contributed by atoms with Gasteiger partial charge in [-0.3, -0.25) is 4.79 Å². The predicted octanol–water partition coefficient (Wildman–Crippen LogP) is 2.16. The molecule has 146 valence electrons. The van der Waals surface area contributed by atoms with E-state index < -0.39 is 34.8 Å². The molecule has 0 aliphatic heterocycles. The molecule has 27 heavy (non-hydrogen) atoms. The van der Waals surface area contributed by atoms with Crippen LogP contribution in [-0.2, 0) is 10.0 Å². The lowest BCUT2D eigenvalue weighted by Gasteiger charge is -2.15. The van der Waals surface area contributed by atoms with Gasteiger partial charge in [0, 0.05) is 12.3 Å². The van der Waals surface area contributed by atoms with Crippen molar-refractivity contribution in [2.24, 2.45) is 5.14 Å². The Bertz CT molecular complexity index is 915. The summed E-state index contributed by atoms with van der Waals surface area (Å²) in [7, 11) is -3.88. The smallest absolute Gasteiger partial charge is 0.422 e. The van der Waals surface area contributed by atoms with Gasteiger partial charge in [0.25, 0.3) is 5.91 Å². The van der Waals surface area contributed by atoms with Crippen molar-refractivity contribution in [1.82, 2.24) is 10.3 Å². The molecule has 0 aliphatic carbocycles. The van der Waals surface area contributed by atoms with E-state index in [2.05, 4.69) is 15.0 Å². The molecule has 2 aromatic rings. The van der Waals surface area contributed by atoms with Crippen LogP contribution in [0.5, 0.6) is 5.88 Å². The van der Waals surface area contributed by atoms with E-state index in [1.54, 1.807) is 13.0 Å². The second-order valence-corrected chi connectivity index (χ2v) is 7.16. The number of carbonyl (C=O) groups is 1. The second-order valence-electron chi connectivity index (χ2n) is 5.60. The molecule has 0 aliphatic rings. The molecule has 0 radical (unpaired) electrons. The number of amides is 1. The molecular weight excluding hydrogens is 387 g/mol. The van der Waals surface area contributed by atoms with Crippen LogP contribution < -0.4 is 15.2 Å². The van der Waals surface area contributed by atoms with E-state index in [0.717, 1.165) is 12.3 Å². The fraction of sp³-hybridized carbons (Fsp3) is 0.250. The van der Waals surface area contributed by atoms with E-state index >= 15 is 0 Å². The number of hydrogen-bond donors (Lipinski definition) is 2. The van der Waals surface area contributed by atoms with Crippen LogP contribution >= 0.6 is 0 Å². The van der Waals surface area contributed by atoms with Gasteiger partial charge < -0.3 is 10.1 Å². The highest BCUT2D eigenvalue weighted by atomic mass is 32.2. The van der Waals surface area contributed by atoms with Gasteiger partial charge >= 0.3 is 6.18 Å². The highest BCUT2D eigenvalue weighted by Gasteiger charge is 2.28. The first-order chi connectivity index (χ1) is 12.5. The molecule has 0 saturated heterocycles. The topological polar surface area (TPSA) is 111 Å². The minimum Gasteiger partial charge on any atom is -0.468 e. The van der Waals surface area contributed by atoms with Crippen molar-refractivity contribution >= 4 is 15.9 Å². The quantitative estimate of drug-likeness (QED) is 0.768. The van der Waals surface area contributed by atoms with Crippen molar-refractivity contribution in [2.45, 2.75) is 24.0 Å². The Morgan fingerprint density at radius 2 is 2.00 bits per heavy atom. The fourth-order valence-corrected chi connectivity index (χ4v) is 2.65. The van der Waals surface area contributed by atoms with Gasteiger partial charge in [0.05, 0.1) is 16.5 Å². The number of sulfonamides is 1. The number of rotatable bonds is 6. The zero-order valence-corrected chi connectivity index (χ0v) is 14.8. The van der Waals surface area contributed by atoms with Gasteiger partial charge in [0.15, 0.2) is 6.61 Å². The molecule has 1 heterocycles. The number of primary sulfonamides is 1. The summed E-state index contributed by atoms with van der Waals surface area (Å²) < 4.78 is 63.5. The maximum absolute atomic E-state index is 12.2. The summed E-state index contributed by atoms with van der Waals surface area (Å²) in [6, 6.07) is 7.64. The van der Waals surface area contributed by atoms with Crippen LogP contribution in [0.15, 0.2) is 47.5 Å². The van der Waals surface area contributed by atoms with E-state index in [1.807, 2.05) is 0 Å². The molecule has 0 spiro atoms. The highest BCUT2D eigenvalue weighted by Crippen LogP contribution is 2.19. The van der Waals surface area contributed by atoms with Crippen molar-refractivity contribution in [2.75, 3.05) is 6.61 Å². The standard InChI is InChI=1S/C16H16F3N3O4S/c1-10(11-3-2-4-13(7-11)27(20,24)25)22-15(23)12-5-6-14(21-8-12)26-9-16(17,18)19/h2-8,10H,9H2,1H3,(H,22,23)(H2,20,24,25). The van der Waals surface area contributed by atoms with E-state index in [9.17, 15) is 26.4 Å². The van der Waals surface area contributed by atoms with Gasteiger partial charge in [-0.25, -0.2) is 18.5 Å². The van der Waals surface area contributed by atoms with Crippen molar-refractivity contribution in [3.63, 3.8) is 0 Å². The zero-order valence-electron chi connectivity index (χ0n) is 14.0. The molecule has 1 aromatic heterocycles. The predicted molar refractivity (Wildman–Crippen MR) is 89.5 cm³/mol. The fourth-order valence-electron chi connectivity index (χ4n) is 2.08. The summed E-state index contributed by atoms with van der Waals surface area (Å²) in [6.45, 7) is 0.150. The van der Waals surface area contributed by atoms with Crippen LogP contribution in [0, 0.1) is 0 Å². The van der Waals surface area contributed by atoms with Crippen molar-refractivity contribution in [3.8, 4) is 5.88 Å². The molecule has 3 N–H and O–H groups in total. The van der Waals surface area contributed by atoms with Crippen molar-refractivity contribution in [1.29, 1.82) is 0 Å². The third-order valence-corrected chi connectivity index (χ3v) is 4.33. The number of pyridine rings is 1. The van der Waals surface area contributed by atoms with Gasteiger partial charge in [-0.15, -0.1) is 0 Å². The number of nitrogens with one attached hydrogen (secondary N) is 1.